The van der Waals surface area contributed by atoms with E-state index in [1.807, 2.05) is 0 Å². The molecule has 1 aliphatic heterocycles. The molecule has 1 saturated heterocycles. The highest BCUT2D eigenvalue weighted by atomic mass is 32.1. The van der Waals surface area contributed by atoms with Gasteiger partial charge in [0, 0.05) is 6.42 Å². The Hall–Kier alpha value is -1.82. The Bertz CT molecular complexity index is 697. The van der Waals surface area contributed by atoms with E-state index in [1.165, 1.54) is 12.7 Å². The Morgan fingerprint density at radius 3 is 3.05 bits per heavy atom. The summed E-state index contributed by atoms with van der Waals surface area (Å²) in [4.78, 5) is 12.2. The van der Waals surface area contributed by atoms with Gasteiger partial charge in [0.05, 0.1) is 17.7 Å². The quantitative estimate of drug-likeness (QED) is 0.560. The molecule has 1 aliphatic rings. The summed E-state index contributed by atoms with van der Waals surface area (Å²) < 4.78 is 7.53. The Balaban J connectivity index is 1.92. The van der Waals surface area contributed by atoms with Crippen molar-refractivity contribution in [3.63, 3.8) is 0 Å². The third-order valence-corrected chi connectivity index (χ3v) is 4.21. The summed E-state index contributed by atoms with van der Waals surface area (Å²) in [6.07, 6.45) is 7.74. The van der Waals surface area contributed by atoms with E-state index in [2.05, 4.69) is 33.5 Å². The molecule has 21 heavy (non-hydrogen) atoms. The maximum absolute atomic E-state index is 10.4. The minimum atomic E-state index is -0.787. The summed E-state index contributed by atoms with van der Waals surface area (Å²) in [5, 5.41) is 10.0. The van der Waals surface area contributed by atoms with Crippen molar-refractivity contribution in [3.8, 4) is 12.3 Å². The smallest absolute Gasteiger partial charge is 0.167 e. The second-order valence-electron chi connectivity index (χ2n) is 4.87. The van der Waals surface area contributed by atoms with Crippen LogP contribution >= 0.6 is 12.6 Å². The van der Waals surface area contributed by atoms with E-state index in [9.17, 15) is 5.11 Å². The number of fused-ring (bicyclic) bond motifs is 1. The summed E-state index contributed by atoms with van der Waals surface area (Å²) in [5.74, 6) is 2.85. The number of nitrogen functional groups attached to an aromatic ring is 1. The topological polar surface area (TPSA) is 99.1 Å². The molecule has 110 valence electrons. The summed E-state index contributed by atoms with van der Waals surface area (Å²) in [5.41, 5.74) is 6.76. The molecule has 0 aliphatic carbocycles. The molecule has 3 N–H and O–H groups in total. The third-order valence-electron chi connectivity index (χ3n) is 3.57. The molecule has 0 saturated carbocycles. The number of anilines is 1. The Morgan fingerprint density at radius 2 is 2.29 bits per heavy atom. The van der Waals surface area contributed by atoms with Gasteiger partial charge in [-0.2, -0.15) is 12.6 Å². The fraction of sp³-hybridized carbons (Fsp3) is 0.462. The zero-order valence-corrected chi connectivity index (χ0v) is 12.0. The van der Waals surface area contributed by atoms with Crippen molar-refractivity contribution in [3.05, 3.63) is 12.7 Å². The van der Waals surface area contributed by atoms with Gasteiger partial charge in [0.2, 0.25) is 0 Å². The fourth-order valence-corrected chi connectivity index (χ4v) is 2.85. The van der Waals surface area contributed by atoms with Gasteiger partial charge in [-0.1, -0.05) is 0 Å². The largest absolute Gasteiger partial charge is 0.387 e. The first kappa shape index (κ1) is 14.1. The molecule has 0 unspecified atom stereocenters. The Kier molecular flexibility index (Phi) is 3.71. The van der Waals surface area contributed by atoms with Crippen LogP contribution in [0.1, 0.15) is 19.1 Å². The lowest BCUT2D eigenvalue weighted by Crippen LogP contribution is -2.27. The molecule has 2 aromatic rings. The highest BCUT2D eigenvalue weighted by Gasteiger charge is 2.42. The van der Waals surface area contributed by atoms with Crippen molar-refractivity contribution in [2.45, 2.75) is 36.5 Å². The lowest BCUT2D eigenvalue weighted by atomic mass is 10.1. The van der Waals surface area contributed by atoms with Gasteiger partial charge in [0.1, 0.15) is 17.9 Å². The SMILES string of the molecule is C#CCC[C@H]1O[C@@H](n2cnc3c(N)ncnc32)[C@H](O)[C@@H]1S. The van der Waals surface area contributed by atoms with Crippen LogP contribution in [0.4, 0.5) is 5.82 Å². The molecule has 8 heteroatoms. The zero-order chi connectivity index (χ0) is 15.0. The summed E-state index contributed by atoms with van der Waals surface area (Å²) in [6, 6.07) is 0. The predicted octanol–water partition coefficient (Wildman–Crippen LogP) is 0.379. The zero-order valence-electron chi connectivity index (χ0n) is 11.1. The summed E-state index contributed by atoms with van der Waals surface area (Å²) in [6.45, 7) is 0. The Morgan fingerprint density at radius 1 is 1.48 bits per heavy atom. The lowest BCUT2D eigenvalue weighted by molar-refractivity contribution is -0.0363. The molecule has 0 aromatic carbocycles. The van der Waals surface area contributed by atoms with E-state index < -0.39 is 12.3 Å². The fourth-order valence-electron chi connectivity index (χ4n) is 2.48. The minimum absolute atomic E-state index is 0.221. The number of rotatable bonds is 3. The minimum Gasteiger partial charge on any atom is -0.387 e. The van der Waals surface area contributed by atoms with Crippen LogP contribution in [0.15, 0.2) is 12.7 Å². The van der Waals surface area contributed by atoms with Crippen molar-refractivity contribution >= 4 is 29.6 Å². The van der Waals surface area contributed by atoms with E-state index in [-0.39, 0.29) is 17.2 Å². The van der Waals surface area contributed by atoms with Crippen LogP contribution in [0.2, 0.25) is 0 Å². The van der Waals surface area contributed by atoms with Crippen molar-refractivity contribution in [2.75, 3.05) is 5.73 Å². The highest BCUT2D eigenvalue weighted by molar-refractivity contribution is 7.81. The van der Waals surface area contributed by atoms with Gasteiger partial charge >= 0.3 is 0 Å². The molecule has 0 spiro atoms. The van der Waals surface area contributed by atoms with Gasteiger partial charge in [-0.15, -0.1) is 12.3 Å². The van der Waals surface area contributed by atoms with Crippen LogP contribution in [-0.4, -0.2) is 42.1 Å². The van der Waals surface area contributed by atoms with Crippen molar-refractivity contribution in [2.24, 2.45) is 0 Å². The molecular formula is C13H15N5O2S. The van der Waals surface area contributed by atoms with Gasteiger partial charge in [-0.3, -0.25) is 4.57 Å². The second kappa shape index (κ2) is 5.52. The number of aliphatic hydroxyl groups is 1. The van der Waals surface area contributed by atoms with E-state index in [4.69, 9.17) is 16.9 Å². The first-order chi connectivity index (χ1) is 10.1. The molecule has 3 heterocycles. The van der Waals surface area contributed by atoms with Crippen LogP contribution in [-0.2, 0) is 4.74 Å². The number of nitrogens with two attached hydrogens (primary N) is 1. The number of thiol groups is 1. The first-order valence-electron chi connectivity index (χ1n) is 6.51. The Labute approximate surface area is 127 Å². The van der Waals surface area contributed by atoms with Crippen LogP contribution in [0, 0.1) is 12.3 Å². The van der Waals surface area contributed by atoms with Crippen LogP contribution in [0.3, 0.4) is 0 Å². The molecule has 3 rings (SSSR count). The second-order valence-corrected chi connectivity index (χ2v) is 5.47. The van der Waals surface area contributed by atoms with Crippen LogP contribution < -0.4 is 5.73 Å². The molecule has 0 amide bonds. The van der Waals surface area contributed by atoms with E-state index in [1.54, 1.807) is 4.57 Å². The maximum atomic E-state index is 10.4. The molecular weight excluding hydrogens is 290 g/mol. The van der Waals surface area contributed by atoms with Gasteiger partial charge in [0.25, 0.3) is 0 Å². The van der Waals surface area contributed by atoms with E-state index >= 15 is 0 Å². The van der Waals surface area contributed by atoms with Crippen molar-refractivity contribution in [1.82, 2.24) is 19.5 Å². The monoisotopic (exact) mass is 305 g/mol. The maximum Gasteiger partial charge on any atom is 0.167 e. The molecule has 0 bridgehead atoms. The van der Waals surface area contributed by atoms with Gasteiger partial charge in [-0.25, -0.2) is 15.0 Å². The average Bonchev–Trinajstić information content (AvgIpc) is 3.02. The van der Waals surface area contributed by atoms with Crippen molar-refractivity contribution in [1.29, 1.82) is 0 Å². The molecule has 4 atom stereocenters. The standard InChI is InChI=1S/C13H15N5O2S/c1-2-3-4-7-10(21)9(19)13(20-7)18-6-17-8-11(14)15-5-16-12(8)18/h1,5-7,9-10,13,19,21H,3-4H2,(H2,14,15,16)/t7-,9-,10-,13-/m1/s1. The molecule has 0 radical (unpaired) electrons. The molecule has 7 nitrogen and oxygen atoms in total. The van der Waals surface area contributed by atoms with E-state index in [0.29, 0.717) is 24.0 Å². The number of nitrogens with zero attached hydrogens (tertiary/aromatic N) is 4. The normalized spacial score (nSPS) is 28.8. The number of hydrogen-bond acceptors (Lipinski definition) is 7. The average molecular weight is 305 g/mol. The number of hydrogen-bond donors (Lipinski definition) is 3. The van der Waals surface area contributed by atoms with Crippen molar-refractivity contribution < 1.29 is 9.84 Å². The third kappa shape index (κ3) is 2.33. The lowest BCUT2D eigenvalue weighted by Gasteiger charge is -2.16. The number of aromatic nitrogens is 4. The van der Waals surface area contributed by atoms with E-state index in [0.717, 1.165) is 0 Å². The number of aliphatic hydroxyl groups excluding tert-OH is 1. The summed E-state index contributed by atoms with van der Waals surface area (Å²) >= 11 is 4.43. The van der Waals surface area contributed by atoms with Gasteiger partial charge < -0.3 is 15.6 Å². The van der Waals surface area contributed by atoms with Crippen LogP contribution in [0.25, 0.3) is 11.2 Å². The molecule has 1 fully saturated rings. The first-order valence-corrected chi connectivity index (χ1v) is 7.03. The number of terminal acetylenes is 1. The van der Waals surface area contributed by atoms with Gasteiger partial charge in [-0.05, 0) is 6.42 Å². The predicted molar refractivity (Wildman–Crippen MR) is 80.5 cm³/mol. The number of imidazole rings is 1. The van der Waals surface area contributed by atoms with Gasteiger partial charge in [0.15, 0.2) is 17.7 Å². The van der Waals surface area contributed by atoms with Crippen LogP contribution in [0.5, 0.6) is 0 Å². The number of ether oxygens (including phenoxy) is 1. The highest BCUT2D eigenvalue weighted by Crippen LogP contribution is 2.36. The summed E-state index contributed by atoms with van der Waals surface area (Å²) in [7, 11) is 0. The molecule has 2 aromatic heterocycles.